The van der Waals surface area contributed by atoms with Crippen molar-refractivity contribution < 1.29 is 12.8 Å². The van der Waals surface area contributed by atoms with Crippen molar-refractivity contribution in [2.45, 2.75) is 32.4 Å². The summed E-state index contributed by atoms with van der Waals surface area (Å²) in [6.07, 6.45) is 4.35. The van der Waals surface area contributed by atoms with Crippen molar-refractivity contribution in [1.29, 1.82) is 0 Å². The first kappa shape index (κ1) is 15.2. The predicted molar refractivity (Wildman–Crippen MR) is 71.1 cm³/mol. The van der Waals surface area contributed by atoms with Crippen molar-refractivity contribution in [3.05, 3.63) is 17.8 Å². The largest absolute Gasteiger partial charge is 0.445 e. The van der Waals surface area contributed by atoms with Gasteiger partial charge in [-0.05, 0) is 25.4 Å². The predicted octanol–water partition coefficient (Wildman–Crippen LogP) is 1.40. The second-order valence-corrected chi connectivity index (χ2v) is 7.13. The normalized spacial score (nSPS) is 12.2. The Bertz CT molecular complexity index is 452. The lowest BCUT2D eigenvalue weighted by molar-refractivity contribution is 0.452. The molecule has 1 aromatic rings. The molecule has 0 radical (unpaired) electrons. The lowest BCUT2D eigenvalue weighted by Crippen LogP contribution is -2.21. The molecule has 1 N–H and O–H groups in total. The minimum Gasteiger partial charge on any atom is -0.445 e. The van der Waals surface area contributed by atoms with E-state index in [-0.39, 0.29) is 5.75 Å². The lowest BCUT2D eigenvalue weighted by Gasteiger charge is -2.05. The van der Waals surface area contributed by atoms with Crippen molar-refractivity contribution in [1.82, 2.24) is 10.3 Å². The van der Waals surface area contributed by atoms with E-state index >= 15 is 0 Å². The molecule has 0 fully saturated rings. The molecular formula is C12H22N2O3S. The van der Waals surface area contributed by atoms with Crippen LogP contribution >= 0.6 is 0 Å². The molecule has 0 aliphatic heterocycles. The fourth-order valence-corrected chi connectivity index (χ4v) is 2.19. The first-order valence-corrected chi connectivity index (χ1v) is 8.25. The number of aryl methyl sites for hydroxylation is 1. The molecule has 1 heterocycles. The van der Waals surface area contributed by atoms with Crippen LogP contribution in [-0.2, 0) is 22.0 Å². The molecule has 1 rings (SSSR count). The van der Waals surface area contributed by atoms with Gasteiger partial charge < -0.3 is 9.73 Å². The topological polar surface area (TPSA) is 72.2 Å². The number of rotatable bonds is 8. The van der Waals surface area contributed by atoms with Gasteiger partial charge in [-0.15, -0.1) is 0 Å². The van der Waals surface area contributed by atoms with Crippen molar-refractivity contribution in [3.63, 3.8) is 0 Å². The van der Waals surface area contributed by atoms with Gasteiger partial charge in [-0.1, -0.05) is 13.8 Å². The van der Waals surface area contributed by atoms with Crippen LogP contribution in [0.5, 0.6) is 0 Å². The minimum absolute atomic E-state index is 0.0778. The van der Waals surface area contributed by atoms with E-state index in [1.807, 2.05) is 0 Å². The third-order valence-electron chi connectivity index (χ3n) is 2.30. The zero-order valence-electron chi connectivity index (χ0n) is 11.3. The Kier molecular flexibility index (Phi) is 5.81. The molecule has 0 spiro atoms. The second-order valence-electron chi connectivity index (χ2n) is 4.99. The molecule has 5 nitrogen and oxygen atoms in total. The van der Waals surface area contributed by atoms with Crippen molar-refractivity contribution in [2.24, 2.45) is 5.92 Å². The van der Waals surface area contributed by atoms with Gasteiger partial charge in [0.05, 0.1) is 6.20 Å². The van der Waals surface area contributed by atoms with Crippen LogP contribution in [0.2, 0.25) is 0 Å². The van der Waals surface area contributed by atoms with Crippen molar-refractivity contribution in [3.8, 4) is 0 Å². The van der Waals surface area contributed by atoms with Gasteiger partial charge in [0, 0.05) is 12.7 Å². The third kappa shape index (κ3) is 6.76. The molecule has 0 aromatic carbocycles. The Balaban J connectivity index is 2.27. The summed E-state index contributed by atoms with van der Waals surface area (Å²) in [6.45, 7) is 6.25. The summed E-state index contributed by atoms with van der Waals surface area (Å²) in [4.78, 5) is 4.07. The standard InChI is InChI=1S/C12H22N2O3S/c1-10(2)7-13-6-4-5-12-14-8-11(17-12)9-18(3,15)16/h8,10,13H,4-7,9H2,1-3H3. The van der Waals surface area contributed by atoms with E-state index in [1.165, 1.54) is 12.5 Å². The SMILES string of the molecule is CC(C)CNCCCc1ncc(CS(C)(=O)=O)o1. The summed E-state index contributed by atoms with van der Waals surface area (Å²) >= 11 is 0. The Labute approximate surface area is 109 Å². The van der Waals surface area contributed by atoms with Gasteiger partial charge >= 0.3 is 0 Å². The molecule has 0 saturated heterocycles. The summed E-state index contributed by atoms with van der Waals surface area (Å²) in [5, 5.41) is 3.33. The Morgan fingerprint density at radius 3 is 2.78 bits per heavy atom. The van der Waals surface area contributed by atoms with Crippen LogP contribution in [0.3, 0.4) is 0 Å². The molecule has 0 aliphatic rings. The molecule has 104 valence electrons. The Morgan fingerprint density at radius 2 is 2.17 bits per heavy atom. The smallest absolute Gasteiger partial charge is 0.194 e. The Hall–Kier alpha value is -0.880. The molecule has 6 heteroatoms. The fraction of sp³-hybridized carbons (Fsp3) is 0.750. The summed E-state index contributed by atoms with van der Waals surface area (Å²) in [7, 11) is -3.05. The zero-order valence-corrected chi connectivity index (χ0v) is 12.1. The zero-order chi connectivity index (χ0) is 13.6. The van der Waals surface area contributed by atoms with Gasteiger partial charge in [0.1, 0.15) is 11.5 Å². The van der Waals surface area contributed by atoms with Crippen LogP contribution < -0.4 is 5.32 Å². The van der Waals surface area contributed by atoms with E-state index in [2.05, 4.69) is 24.1 Å². The van der Waals surface area contributed by atoms with Gasteiger partial charge in [-0.2, -0.15) is 0 Å². The van der Waals surface area contributed by atoms with E-state index in [0.29, 0.717) is 17.6 Å². The molecule has 18 heavy (non-hydrogen) atoms. The van der Waals surface area contributed by atoms with Crippen LogP contribution in [0.15, 0.2) is 10.6 Å². The molecule has 0 atom stereocenters. The quantitative estimate of drug-likeness (QED) is 0.725. The van der Waals surface area contributed by atoms with E-state index in [9.17, 15) is 8.42 Å². The molecule has 0 aliphatic carbocycles. The molecule has 0 bridgehead atoms. The minimum atomic E-state index is -3.05. The van der Waals surface area contributed by atoms with Crippen LogP contribution in [0, 0.1) is 5.92 Å². The number of oxazole rings is 1. The van der Waals surface area contributed by atoms with Gasteiger partial charge in [-0.25, -0.2) is 13.4 Å². The maximum absolute atomic E-state index is 11.1. The van der Waals surface area contributed by atoms with Crippen LogP contribution in [0.25, 0.3) is 0 Å². The Morgan fingerprint density at radius 1 is 1.44 bits per heavy atom. The molecule has 0 amide bonds. The number of sulfone groups is 1. The summed E-state index contributed by atoms with van der Waals surface area (Å²) < 4.78 is 27.5. The third-order valence-corrected chi connectivity index (χ3v) is 3.11. The number of nitrogens with zero attached hydrogens (tertiary/aromatic N) is 1. The monoisotopic (exact) mass is 274 g/mol. The number of hydrogen-bond acceptors (Lipinski definition) is 5. The van der Waals surface area contributed by atoms with E-state index < -0.39 is 9.84 Å². The average molecular weight is 274 g/mol. The fourth-order valence-electron chi connectivity index (χ4n) is 1.54. The molecular weight excluding hydrogens is 252 g/mol. The summed E-state index contributed by atoms with van der Waals surface area (Å²) in [5.74, 6) is 1.60. The molecule has 0 saturated carbocycles. The molecule has 1 aromatic heterocycles. The maximum Gasteiger partial charge on any atom is 0.194 e. The summed E-state index contributed by atoms with van der Waals surface area (Å²) in [6, 6.07) is 0. The van der Waals surface area contributed by atoms with Crippen LogP contribution in [0.4, 0.5) is 0 Å². The first-order chi connectivity index (χ1) is 8.37. The number of aromatic nitrogens is 1. The summed E-state index contributed by atoms with van der Waals surface area (Å²) in [5.41, 5.74) is 0. The number of nitrogens with one attached hydrogen (secondary N) is 1. The van der Waals surface area contributed by atoms with E-state index in [1.54, 1.807) is 0 Å². The van der Waals surface area contributed by atoms with Crippen molar-refractivity contribution in [2.75, 3.05) is 19.3 Å². The van der Waals surface area contributed by atoms with E-state index in [0.717, 1.165) is 25.9 Å². The van der Waals surface area contributed by atoms with Crippen LogP contribution in [0.1, 0.15) is 31.9 Å². The highest BCUT2D eigenvalue weighted by Gasteiger charge is 2.10. The highest BCUT2D eigenvalue weighted by molar-refractivity contribution is 7.89. The van der Waals surface area contributed by atoms with Crippen molar-refractivity contribution >= 4 is 9.84 Å². The maximum atomic E-state index is 11.1. The van der Waals surface area contributed by atoms with Gasteiger partial charge in [0.15, 0.2) is 15.7 Å². The highest BCUT2D eigenvalue weighted by atomic mass is 32.2. The average Bonchev–Trinajstić information content (AvgIpc) is 2.62. The highest BCUT2D eigenvalue weighted by Crippen LogP contribution is 2.09. The molecule has 0 unspecified atom stereocenters. The van der Waals surface area contributed by atoms with E-state index in [4.69, 9.17) is 4.42 Å². The van der Waals surface area contributed by atoms with Crippen LogP contribution in [-0.4, -0.2) is 32.7 Å². The van der Waals surface area contributed by atoms with Gasteiger partial charge in [-0.3, -0.25) is 0 Å². The lowest BCUT2D eigenvalue weighted by atomic mass is 10.2. The first-order valence-electron chi connectivity index (χ1n) is 6.19. The number of hydrogen-bond donors (Lipinski definition) is 1. The van der Waals surface area contributed by atoms with Gasteiger partial charge in [0.25, 0.3) is 0 Å². The second kappa shape index (κ2) is 6.89. The van der Waals surface area contributed by atoms with Gasteiger partial charge in [0.2, 0.25) is 0 Å².